The number of benzene rings is 2. The lowest BCUT2D eigenvalue weighted by molar-refractivity contribution is -0.123. The first-order valence-corrected chi connectivity index (χ1v) is 13.8. The predicted molar refractivity (Wildman–Crippen MR) is 142 cm³/mol. The summed E-state index contributed by atoms with van der Waals surface area (Å²) in [5.74, 6) is 1.89. The number of carbonyl (C=O) groups is 2. The molecule has 2 atom stereocenters. The molecule has 9 heteroatoms. The Morgan fingerprint density at radius 3 is 2.55 bits per heavy atom. The summed E-state index contributed by atoms with van der Waals surface area (Å²) in [5, 5.41) is 9.57. The average Bonchev–Trinajstić information content (AvgIpc) is 3.70. The second-order valence-corrected chi connectivity index (χ2v) is 10.8. The maximum atomic E-state index is 13.6. The molecular weight excluding hydrogens is 484 g/mol. The Morgan fingerprint density at radius 1 is 0.947 bits per heavy atom. The van der Waals surface area contributed by atoms with Gasteiger partial charge in [0.25, 0.3) is 11.8 Å². The maximum Gasteiger partial charge on any atom is 0.258 e. The summed E-state index contributed by atoms with van der Waals surface area (Å²) < 4.78 is 18.2. The van der Waals surface area contributed by atoms with Crippen molar-refractivity contribution in [3.8, 4) is 17.2 Å². The Balaban J connectivity index is 1.27. The van der Waals surface area contributed by atoms with Gasteiger partial charge in [-0.15, -0.1) is 0 Å². The van der Waals surface area contributed by atoms with Crippen LogP contribution in [0, 0.1) is 5.92 Å². The largest absolute Gasteiger partial charge is 0.493 e. The number of amides is 2. The van der Waals surface area contributed by atoms with Crippen molar-refractivity contribution in [2.45, 2.75) is 50.4 Å². The van der Waals surface area contributed by atoms with E-state index in [0.717, 1.165) is 50.3 Å². The van der Waals surface area contributed by atoms with Crippen molar-refractivity contribution in [2.75, 3.05) is 39.4 Å². The minimum absolute atomic E-state index is 0.149. The van der Waals surface area contributed by atoms with Gasteiger partial charge < -0.3 is 30.2 Å². The molecule has 4 heterocycles. The van der Waals surface area contributed by atoms with Gasteiger partial charge in [0.1, 0.15) is 23.4 Å². The Morgan fingerprint density at radius 2 is 1.76 bits per heavy atom. The van der Waals surface area contributed by atoms with Gasteiger partial charge in [-0.2, -0.15) is 0 Å². The van der Waals surface area contributed by atoms with Crippen LogP contribution in [0.15, 0.2) is 42.5 Å². The van der Waals surface area contributed by atoms with Crippen molar-refractivity contribution in [1.29, 1.82) is 0 Å². The van der Waals surface area contributed by atoms with Crippen LogP contribution in [0.2, 0.25) is 0 Å². The Hall–Kier alpha value is -3.30. The number of carbonyl (C=O) groups excluding carboxylic acids is 2. The number of hydrogen-bond acceptors (Lipinski definition) is 7. The number of ether oxygens (including phenoxy) is 3. The highest BCUT2D eigenvalue weighted by Crippen LogP contribution is 2.31. The fraction of sp³-hybridized carbons (Fsp3) is 0.517. The number of rotatable bonds is 4. The average molecular weight is 521 g/mol. The van der Waals surface area contributed by atoms with Gasteiger partial charge in [0.05, 0.1) is 12.6 Å². The highest BCUT2D eigenvalue weighted by Gasteiger charge is 2.39. The lowest BCUT2D eigenvalue weighted by Gasteiger charge is -2.31. The van der Waals surface area contributed by atoms with E-state index in [9.17, 15) is 9.59 Å². The summed E-state index contributed by atoms with van der Waals surface area (Å²) >= 11 is 0. The fourth-order valence-electron chi connectivity index (χ4n) is 5.41. The number of nitrogens with zero attached hydrogens (tertiary/aromatic N) is 1. The van der Waals surface area contributed by atoms with E-state index in [0.29, 0.717) is 42.2 Å². The van der Waals surface area contributed by atoms with Crippen molar-refractivity contribution < 1.29 is 23.8 Å². The molecular formula is C29H36N4O5. The molecule has 5 aliphatic rings. The van der Waals surface area contributed by atoms with Crippen molar-refractivity contribution in [3.63, 3.8) is 0 Å². The number of likely N-dealkylation sites (tertiary alicyclic amines) is 1. The first-order valence-electron chi connectivity index (χ1n) is 13.8. The summed E-state index contributed by atoms with van der Waals surface area (Å²) in [6.07, 6.45) is 4.34. The highest BCUT2D eigenvalue weighted by atomic mass is 16.5. The maximum absolute atomic E-state index is 13.6. The zero-order valence-electron chi connectivity index (χ0n) is 21.6. The molecule has 2 amide bonds. The monoisotopic (exact) mass is 520 g/mol. The molecule has 0 spiro atoms. The van der Waals surface area contributed by atoms with Crippen LogP contribution in [-0.4, -0.2) is 74.3 Å². The van der Waals surface area contributed by atoms with E-state index in [-0.39, 0.29) is 30.6 Å². The normalized spacial score (nSPS) is 24.9. The molecule has 9 nitrogen and oxygen atoms in total. The summed E-state index contributed by atoms with van der Waals surface area (Å²) in [5.41, 5.74) is 1.42. The summed E-state index contributed by atoms with van der Waals surface area (Å²) in [7, 11) is 0. The van der Waals surface area contributed by atoms with Crippen LogP contribution in [-0.2, 0) is 11.3 Å². The fourth-order valence-corrected chi connectivity index (χ4v) is 5.41. The second-order valence-electron chi connectivity index (χ2n) is 10.8. The van der Waals surface area contributed by atoms with Gasteiger partial charge in [-0.25, -0.2) is 0 Å². The van der Waals surface area contributed by atoms with Crippen LogP contribution in [0.3, 0.4) is 0 Å². The molecule has 202 valence electrons. The van der Waals surface area contributed by atoms with E-state index in [2.05, 4.69) is 20.9 Å². The molecule has 3 N–H and O–H groups in total. The summed E-state index contributed by atoms with van der Waals surface area (Å²) in [6, 6.07) is 13.2. The number of piperidine rings is 1. The van der Waals surface area contributed by atoms with Gasteiger partial charge in [-0.3, -0.25) is 14.5 Å². The molecule has 2 saturated heterocycles. The molecule has 0 radical (unpaired) electrons. The lowest BCUT2D eigenvalue weighted by Crippen LogP contribution is -2.45. The van der Waals surface area contributed by atoms with Gasteiger partial charge in [0.2, 0.25) is 0 Å². The zero-order chi connectivity index (χ0) is 25.9. The lowest BCUT2D eigenvalue weighted by atomic mass is 10.1. The highest BCUT2D eigenvalue weighted by molar-refractivity contribution is 5.95. The van der Waals surface area contributed by atoms with Crippen molar-refractivity contribution in [3.05, 3.63) is 53.6 Å². The summed E-state index contributed by atoms with van der Waals surface area (Å²) in [4.78, 5) is 28.4. The molecule has 4 bridgehead atoms. The third kappa shape index (κ3) is 6.22. The Labute approximate surface area is 223 Å². The van der Waals surface area contributed by atoms with E-state index in [1.54, 1.807) is 18.2 Å². The van der Waals surface area contributed by atoms with Crippen LogP contribution < -0.4 is 30.2 Å². The molecule has 3 fully saturated rings. The second kappa shape index (κ2) is 11.2. The zero-order valence-corrected chi connectivity index (χ0v) is 21.6. The molecule has 2 aromatic rings. The van der Waals surface area contributed by atoms with Gasteiger partial charge in [-0.1, -0.05) is 12.1 Å². The van der Waals surface area contributed by atoms with Crippen molar-refractivity contribution in [1.82, 2.24) is 20.9 Å². The van der Waals surface area contributed by atoms with Crippen LogP contribution in [0.25, 0.3) is 0 Å². The quantitative estimate of drug-likeness (QED) is 0.568. The smallest absolute Gasteiger partial charge is 0.258 e. The van der Waals surface area contributed by atoms with E-state index < -0.39 is 0 Å². The van der Waals surface area contributed by atoms with E-state index in [1.165, 1.54) is 12.8 Å². The minimum atomic E-state index is -0.238. The number of nitrogens with one attached hydrogen (secondary N) is 3. The predicted octanol–water partition coefficient (Wildman–Crippen LogP) is 2.10. The summed E-state index contributed by atoms with van der Waals surface area (Å²) in [6.45, 7) is 4.38. The van der Waals surface area contributed by atoms with Crippen LogP contribution in [0.4, 0.5) is 0 Å². The molecule has 4 aliphatic heterocycles. The topological polar surface area (TPSA) is 101 Å². The first-order chi connectivity index (χ1) is 18.6. The van der Waals surface area contributed by atoms with Gasteiger partial charge in [0.15, 0.2) is 6.61 Å². The molecule has 0 aromatic heterocycles. The Bertz CT molecular complexity index is 1150. The van der Waals surface area contributed by atoms with Crippen LogP contribution in [0.1, 0.15) is 41.6 Å². The third-order valence-corrected chi connectivity index (χ3v) is 7.83. The number of hydrogen-bond donors (Lipinski definition) is 3. The molecule has 38 heavy (non-hydrogen) atoms. The molecule has 7 rings (SSSR count). The van der Waals surface area contributed by atoms with Crippen LogP contribution >= 0.6 is 0 Å². The van der Waals surface area contributed by atoms with Crippen LogP contribution in [0.5, 0.6) is 17.2 Å². The molecule has 1 saturated carbocycles. The first kappa shape index (κ1) is 25.0. The SMILES string of the molecule is O=C1COc2cc(OCC3CC3)cc(c2)C(=O)N[C@H]2CN(C3CCNCC3)C[C@@H]2Oc2ccc(cc2)CN1. The van der Waals surface area contributed by atoms with Gasteiger partial charge >= 0.3 is 0 Å². The standard InChI is InChI=1S/C29H36N4O5/c34-28-18-37-25-12-21(11-24(13-25)36-17-20-1-2-20)29(35)32-26-15-33(22-7-9-30-10-8-22)16-27(26)38-23-5-3-19(4-6-23)14-31-28/h3-6,11-13,20,22,26-27,30H,1-2,7-10,14-18H2,(H,31,34)(H,32,35)/t26-,27-/m0/s1. The minimum Gasteiger partial charge on any atom is -0.493 e. The van der Waals surface area contributed by atoms with E-state index in [4.69, 9.17) is 14.2 Å². The van der Waals surface area contributed by atoms with Gasteiger partial charge in [0, 0.05) is 37.3 Å². The van der Waals surface area contributed by atoms with E-state index >= 15 is 0 Å². The van der Waals surface area contributed by atoms with Crippen molar-refractivity contribution in [2.24, 2.45) is 5.92 Å². The third-order valence-electron chi connectivity index (χ3n) is 7.83. The van der Waals surface area contributed by atoms with Gasteiger partial charge in [-0.05, 0) is 74.5 Å². The van der Waals surface area contributed by atoms with E-state index in [1.807, 2.05) is 24.3 Å². The Kier molecular flexibility index (Phi) is 7.38. The van der Waals surface area contributed by atoms with Crippen molar-refractivity contribution >= 4 is 11.8 Å². The number of fused-ring (bicyclic) bond motifs is 7. The molecule has 1 aliphatic carbocycles. The molecule has 2 aromatic carbocycles. The molecule has 0 unspecified atom stereocenters.